The minimum absolute atomic E-state index is 0.116. The molecule has 1 unspecified atom stereocenters. The van der Waals surface area contributed by atoms with Crippen LogP contribution in [0, 0.1) is 0 Å². The van der Waals surface area contributed by atoms with Crippen molar-refractivity contribution in [3.8, 4) is 0 Å². The van der Waals surface area contributed by atoms with Crippen molar-refractivity contribution in [3.05, 3.63) is 146 Å². The van der Waals surface area contributed by atoms with Crippen LogP contribution in [0.1, 0.15) is 233 Å². The number of esters is 3. The molecule has 0 heterocycles. The van der Waals surface area contributed by atoms with E-state index in [0.717, 1.165) is 154 Å². The Hall–Kier alpha value is -4.71. The number of carbonyl (C=O) groups excluding carboxylic acids is 3. The summed E-state index contributed by atoms with van der Waals surface area (Å²) in [6, 6.07) is 0. The maximum absolute atomic E-state index is 12.9. The highest BCUT2D eigenvalue weighted by Crippen LogP contribution is 2.12. The highest BCUT2D eigenvalue weighted by atomic mass is 16.6. The van der Waals surface area contributed by atoms with Gasteiger partial charge in [0.1, 0.15) is 13.2 Å². The van der Waals surface area contributed by atoms with Crippen LogP contribution in [0.25, 0.3) is 0 Å². The second-order valence-corrected chi connectivity index (χ2v) is 18.4. The quantitative estimate of drug-likeness (QED) is 0.0261. The van der Waals surface area contributed by atoms with E-state index in [1.54, 1.807) is 0 Å². The summed E-state index contributed by atoms with van der Waals surface area (Å²) < 4.78 is 16.8. The van der Waals surface area contributed by atoms with Gasteiger partial charge in [-0.3, -0.25) is 14.4 Å². The SMILES string of the molecule is CC/C=C\C/C=C\C/C=C\C/C=C\C/C=C\C/C=C\CCCCCCC(=O)OCC(COC(=O)CCCC/C=C\C/C=C\C/C=C\C/C=C\CC)OC(=O)CCCCCCC/C=C\C/C=C\CCCCCC. The van der Waals surface area contributed by atoms with Crippen LogP contribution in [0.4, 0.5) is 0 Å². The molecule has 0 saturated carbocycles. The predicted molar refractivity (Wildman–Crippen MR) is 311 cm³/mol. The average Bonchev–Trinajstić information content (AvgIpc) is 3.38. The molecule has 404 valence electrons. The van der Waals surface area contributed by atoms with Gasteiger partial charge in [0.2, 0.25) is 0 Å². The van der Waals surface area contributed by atoms with Gasteiger partial charge in [0.05, 0.1) is 0 Å². The molecule has 0 N–H and O–H groups in total. The number of hydrogen-bond acceptors (Lipinski definition) is 6. The fraction of sp³-hybridized carbons (Fsp3) is 0.591. The maximum Gasteiger partial charge on any atom is 0.306 e. The smallest absolute Gasteiger partial charge is 0.306 e. The molecule has 6 nitrogen and oxygen atoms in total. The van der Waals surface area contributed by atoms with Gasteiger partial charge in [0.25, 0.3) is 0 Å². The van der Waals surface area contributed by atoms with Gasteiger partial charge in [-0.15, -0.1) is 0 Å². The Labute approximate surface area is 442 Å². The normalized spacial score (nSPS) is 13.2. The molecule has 1 atom stereocenters. The van der Waals surface area contributed by atoms with Gasteiger partial charge in [0, 0.05) is 19.3 Å². The number of carbonyl (C=O) groups is 3. The lowest BCUT2D eigenvalue weighted by Crippen LogP contribution is -2.30. The van der Waals surface area contributed by atoms with Crippen molar-refractivity contribution >= 4 is 17.9 Å². The molecule has 0 aromatic carbocycles. The van der Waals surface area contributed by atoms with Crippen LogP contribution in [-0.2, 0) is 28.6 Å². The second kappa shape index (κ2) is 58.9. The Kier molecular flexibility index (Phi) is 55.0. The first-order chi connectivity index (χ1) is 35.5. The van der Waals surface area contributed by atoms with Crippen LogP contribution in [0.2, 0.25) is 0 Å². The monoisotopic (exact) mass is 993 g/mol. The molecule has 0 aromatic heterocycles. The zero-order valence-corrected chi connectivity index (χ0v) is 46.1. The molecule has 0 amide bonds. The van der Waals surface area contributed by atoms with Crippen LogP contribution in [0.3, 0.4) is 0 Å². The van der Waals surface area contributed by atoms with Crippen LogP contribution in [0.5, 0.6) is 0 Å². The zero-order valence-electron chi connectivity index (χ0n) is 46.1. The van der Waals surface area contributed by atoms with Gasteiger partial charge in [-0.1, -0.05) is 218 Å². The highest BCUT2D eigenvalue weighted by molar-refractivity contribution is 5.71. The molecule has 0 aliphatic carbocycles. The van der Waals surface area contributed by atoms with E-state index in [9.17, 15) is 14.4 Å². The zero-order chi connectivity index (χ0) is 52.2. The molecule has 6 heteroatoms. The summed E-state index contributed by atoms with van der Waals surface area (Å²) in [6.45, 7) is 6.31. The molecule has 0 fully saturated rings. The lowest BCUT2D eigenvalue weighted by molar-refractivity contribution is -0.167. The highest BCUT2D eigenvalue weighted by Gasteiger charge is 2.19. The lowest BCUT2D eigenvalue weighted by Gasteiger charge is -2.18. The van der Waals surface area contributed by atoms with Crippen molar-refractivity contribution in [2.45, 2.75) is 239 Å². The van der Waals surface area contributed by atoms with Gasteiger partial charge >= 0.3 is 17.9 Å². The Morgan fingerprint density at radius 3 is 0.875 bits per heavy atom. The summed E-state index contributed by atoms with van der Waals surface area (Å²) in [5, 5.41) is 0. The molecule has 0 saturated heterocycles. The van der Waals surface area contributed by atoms with E-state index in [4.69, 9.17) is 14.2 Å². The summed E-state index contributed by atoms with van der Waals surface area (Å²) >= 11 is 0. The predicted octanol–water partition coefficient (Wildman–Crippen LogP) is 19.6. The summed E-state index contributed by atoms with van der Waals surface area (Å²) in [6.07, 6.45) is 84.1. The fourth-order valence-corrected chi connectivity index (χ4v) is 7.29. The first kappa shape index (κ1) is 67.3. The Morgan fingerprint density at radius 2 is 0.542 bits per heavy atom. The Morgan fingerprint density at radius 1 is 0.292 bits per heavy atom. The molecule has 0 aromatic rings. The van der Waals surface area contributed by atoms with Crippen LogP contribution in [0.15, 0.2) is 146 Å². The first-order valence-electron chi connectivity index (χ1n) is 28.8. The van der Waals surface area contributed by atoms with Gasteiger partial charge in [-0.2, -0.15) is 0 Å². The van der Waals surface area contributed by atoms with Crippen LogP contribution < -0.4 is 0 Å². The largest absolute Gasteiger partial charge is 0.462 e. The van der Waals surface area contributed by atoms with E-state index in [0.29, 0.717) is 25.7 Å². The Bertz CT molecular complexity index is 1610. The van der Waals surface area contributed by atoms with Crippen molar-refractivity contribution in [1.82, 2.24) is 0 Å². The van der Waals surface area contributed by atoms with Gasteiger partial charge in [-0.25, -0.2) is 0 Å². The van der Waals surface area contributed by atoms with E-state index in [1.807, 2.05) is 0 Å². The minimum Gasteiger partial charge on any atom is -0.462 e. The number of hydrogen-bond donors (Lipinski definition) is 0. The standard InChI is InChI=1S/C66H104O6/c1-4-7-10-13-16-19-22-25-28-30-31-32-33-34-35-36-39-41-44-47-50-53-56-59-65(68)71-62-63(61-70-64(67)58-55-52-49-46-43-40-37-27-24-21-18-15-12-9-6-3)72-66(69)60-57-54-51-48-45-42-38-29-26-23-20-17-14-11-8-5-2/h7,9-10,12,16,18-21,23,25,27-29,31-32,34-35,37-39,41,43,46,63H,4-6,8,11,13-15,17,22,24,26,30,33,36,40,42,44-45,47-62H2,1-3H3/b10-7-,12-9-,19-16-,21-18-,23-20-,28-25-,32-31-,35-34-,37-27-,38-29-,41-39-,46-43-. The summed E-state index contributed by atoms with van der Waals surface area (Å²) in [4.78, 5) is 38.2. The van der Waals surface area contributed by atoms with Crippen molar-refractivity contribution in [1.29, 1.82) is 0 Å². The van der Waals surface area contributed by atoms with Gasteiger partial charge in [-0.05, 0) is 141 Å². The number of ether oxygens (including phenoxy) is 3. The summed E-state index contributed by atoms with van der Waals surface area (Å²) in [7, 11) is 0. The van der Waals surface area contributed by atoms with E-state index in [2.05, 4.69) is 167 Å². The number of unbranched alkanes of at least 4 members (excludes halogenated alkanes) is 15. The molecular weight excluding hydrogens is 889 g/mol. The van der Waals surface area contributed by atoms with E-state index < -0.39 is 6.10 Å². The number of allylic oxidation sites excluding steroid dienone is 24. The van der Waals surface area contributed by atoms with Crippen molar-refractivity contribution < 1.29 is 28.6 Å². The third-order valence-corrected chi connectivity index (χ3v) is 11.6. The van der Waals surface area contributed by atoms with Crippen LogP contribution >= 0.6 is 0 Å². The molecule has 72 heavy (non-hydrogen) atoms. The summed E-state index contributed by atoms with van der Waals surface area (Å²) in [5.41, 5.74) is 0. The summed E-state index contributed by atoms with van der Waals surface area (Å²) in [5.74, 6) is -1.00. The first-order valence-corrected chi connectivity index (χ1v) is 28.8. The van der Waals surface area contributed by atoms with Crippen molar-refractivity contribution in [2.75, 3.05) is 13.2 Å². The third-order valence-electron chi connectivity index (χ3n) is 11.6. The number of rotatable bonds is 50. The third kappa shape index (κ3) is 56.2. The van der Waals surface area contributed by atoms with Crippen molar-refractivity contribution in [2.24, 2.45) is 0 Å². The lowest BCUT2D eigenvalue weighted by atomic mass is 10.1. The topological polar surface area (TPSA) is 78.9 Å². The maximum atomic E-state index is 12.9. The van der Waals surface area contributed by atoms with Crippen molar-refractivity contribution in [3.63, 3.8) is 0 Å². The molecule has 0 spiro atoms. The molecule has 0 aliphatic rings. The molecule has 0 aliphatic heterocycles. The molecule has 0 radical (unpaired) electrons. The minimum atomic E-state index is -0.821. The van der Waals surface area contributed by atoms with Gasteiger partial charge in [0.15, 0.2) is 6.10 Å². The molecule has 0 bridgehead atoms. The van der Waals surface area contributed by atoms with E-state index in [1.165, 1.54) is 32.1 Å². The average molecular weight is 994 g/mol. The second-order valence-electron chi connectivity index (χ2n) is 18.4. The fourth-order valence-electron chi connectivity index (χ4n) is 7.29. The van der Waals surface area contributed by atoms with Crippen LogP contribution in [-0.4, -0.2) is 37.2 Å². The molecule has 0 rings (SSSR count). The Balaban J connectivity index is 4.52. The molecular formula is C66H104O6. The van der Waals surface area contributed by atoms with Gasteiger partial charge < -0.3 is 14.2 Å². The van der Waals surface area contributed by atoms with E-state index >= 15 is 0 Å². The van der Waals surface area contributed by atoms with E-state index in [-0.39, 0.29) is 31.1 Å².